The van der Waals surface area contributed by atoms with Crippen molar-refractivity contribution in [2.45, 2.75) is 39.7 Å². The Morgan fingerprint density at radius 3 is 2.71 bits per heavy atom. The molecule has 1 rings (SSSR count). The molecule has 4 nitrogen and oxygen atoms in total. The molecule has 1 amide bonds. The molecule has 0 saturated carbocycles. The second-order valence-corrected chi connectivity index (χ2v) is 5.23. The molecule has 1 aromatic rings. The molecule has 0 saturated heterocycles. The maximum atomic E-state index is 11.8. The Balaban J connectivity index is 2.76. The summed E-state index contributed by atoms with van der Waals surface area (Å²) in [6.07, 6.45) is 1.98. The van der Waals surface area contributed by atoms with E-state index in [0.717, 1.165) is 17.7 Å². The van der Waals surface area contributed by atoms with Gasteiger partial charge in [-0.2, -0.15) is 0 Å². The van der Waals surface area contributed by atoms with Crippen molar-refractivity contribution in [1.82, 2.24) is 5.32 Å². The van der Waals surface area contributed by atoms with Gasteiger partial charge in [0.1, 0.15) is 6.04 Å². The lowest BCUT2D eigenvalue weighted by Gasteiger charge is -2.07. The predicted molar refractivity (Wildman–Crippen MR) is 67.6 cm³/mol. The highest BCUT2D eigenvalue weighted by molar-refractivity contribution is 7.14. The number of aryl methyl sites for hydroxylation is 2. The van der Waals surface area contributed by atoms with E-state index >= 15 is 0 Å². The Hall–Kier alpha value is -1.36. The average Bonchev–Trinajstić information content (AvgIpc) is 2.61. The summed E-state index contributed by atoms with van der Waals surface area (Å²) in [5.41, 5.74) is 1.17. The smallest absolute Gasteiger partial charge is 0.325 e. The summed E-state index contributed by atoms with van der Waals surface area (Å²) in [6.45, 7) is 5.52. The second kappa shape index (κ2) is 5.82. The van der Waals surface area contributed by atoms with Crippen molar-refractivity contribution < 1.29 is 14.7 Å². The van der Waals surface area contributed by atoms with Gasteiger partial charge >= 0.3 is 5.97 Å². The minimum Gasteiger partial charge on any atom is -0.480 e. The summed E-state index contributed by atoms with van der Waals surface area (Å²) in [6, 6.07) is 0.993. The molecule has 0 aromatic carbocycles. The Kier molecular flexibility index (Phi) is 4.69. The highest BCUT2D eigenvalue weighted by Crippen LogP contribution is 2.22. The molecule has 5 heteroatoms. The van der Waals surface area contributed by atoms with Crippen LogP contribution in [-0.4, -0.2) is 23.0 Å². The molecule has 17 heavy (non-hydrogen) atoms. The number of carbonyl (C=O) groups is 2. The zero-order chi connectivity index (χ0) is 13.0. The molecule has 1 aromatic heterocycles. The Morgan fingerprint density at radius 2 is 2.18 bits per heavy atom. The molecule has 0 bridgehead atoms. The van der Waals surface area contributed by atoms with Gasteiger partial charge in [-0.05, 0) is 31.9 Å². The number of nitrogens with one attached hydrogen (secondary N) is 1. The van der Waals surface area contributed by atoms with Crippen molar-refractivity contribution in [2.24, 2.45) is 0 Å². The van der Waals surface area contributed by atoms with Crippen LogP contribution in [0.4, 0.5) is 0 Å². The van der Waals surface area contributed by atoms with Crippen LogP contribution in [0.1, 0.15) is 40.4 Å². The van der Waals surface area contributed by atoms with Crippen molar-refractivity contribution in [3.05, 3.63) is 21.4 Å². The van der Waals surface area contributed by atoms with E-state index < -0.39 is 12.0 Å². The number of hydrogen-bond acceptors (Lipinski definition) is 3. The summed E-state index contributed by atoms with van der Waals surface area (Å²) in [7, 11) is 0. The first-order valence-corrected chi connectivity index (χ1v) is 6.40. The molecular weight excluding hydrogens is 238 g/mol. The van der Waals surface area contributed by atoms with Crippen LogP contribution in [0.15, 0.2) is 6.07 Å². The second-order valence-electron chi connectivity index (χ2n) is 3.98. The predicted octanol–water partition coefficient (Wildman–Crippen LogP) is 2.21. The molecule has 0 radical (unpaired) electrons. The molecule has 0 fully saturated rings. The van der Waals surface area contributed by atoms with Gasteiger partial charge in [0.25, 0.3) is 5.91 Å². The van der Waals surface area contributed by atoms with Crippen LogP contribution >= 0.6 is 11.3 Å². The van der Waals surface area contributed by atoms with Crippen LogP contribution in [0.3, 0.4) is 0 Å². The van der Waals surface area contributed by atoms with Gasteiger partial charge in [0.15, 0.2) is 0 Å². The SMILES string of the molecule is CCCc1cc(C(=O)NC(C)C(=O)O)sc1C. The van der Waals surface area contributed by atoms with E-state index in [1.807, 2.05) is 13.0 Å². The van der Waals surface area contributed by atoms with Crippen LogP contribution in [0.25, 0.3) is 0 Å². The van der Waals surface area contributed by atoms with Gasteiger partial charge in [0, 0.05) is 4.88 Å². The standard InChI is InChI=1S/C12H17NO3S/c1-4-5-9-6-10(17-8(9)3)11(14)13-7(2)12(15)16/h6-7H,4-5H2,1-3H3,(H,13,14)(H,15,16). The fourth-order valence-corrected chi connectivity index (χ4v) is 2.45. The van der Waals surface area contributed by atoms with Crippen molar-refractivity contribution in [3.63, 3.8) is 0 Å². The van der Waals surface area contributed by atoms with Gasteiger partial charge < -0.3 is 10.4 Å². The lowest BCUT2D eigenvalue weighted by molar-refractivity contribution is -0.138. The number of carboxylic acid groups (broad SMARTS) is 1. The van der Waals surface area contributed by atoms with Crippen molar-refractivity contribution in [1.29, 1.82) is 0 Å². The minimum absolute atomic E-state index is 0.310. The number of aliphatic carboxylic acids is 1. The van der Waals surface area contributed by atoms with Crippen LogP contribution < -0.4 is 5.32 Å². The van der Waals surface area contributed by atoms with E-state index in [-0.39, 0.29) is 5.91 Å². The first kappa shape index (κ1) is 13.7. The Labute approximate surface area is 105 Å². The van der Waals surface area contributed by atoms with Gasteiger partial charge in [-0.25, -0.2) is 0 Å². The van der Waals surface area contributed by atoms with Gasteiger partial charge in [0.2, 0.25) is 0 Å². The summed E-state index contributed by atoms with van der Waals surface area (Å²) >= 11 is 1.41. The number of rotatable bonds is 5. The van der Waals surface area contributed by atoms with E-state index in [2.05, 4.69) is 12.2 Å². The number of thiophene rings is 1. The Bertz CT molecular complexity index is 425. The first-order chi connectivity index (χ1) is 7.95. The third-order valence-corrected chi connectivity index (χ3v) is 3.57. The molecule has 1 unspecified atom stereocenters. The zero-order valence-electron chi connectivity index (χ0n) is 10.2. The van der Waals surface area contributed by atoms with Crippen LogP contribution in [0.5, 0.6) is 0 Å². The molecule has 0 spiro atoms. The minimum atomic E-state index is -1.03. The first-order valence-electron chi connectivity index (χ1n) is 5.58. The van der Waals surface area contributed by atoms with Gasteiger partial charge in [-0.3, -0.25) is 9.59 Å². The fraction of sp³-hybridized carbons (Fsp3) is 0.500. The maximum absolute atomic E-state index is 11.8. The van der Waals surface area contributed by atoms with E-state index in [9.17, 15) is 9.59 Å². The molecule has 2 N–H and O–H groups in total. The zero-order valence-corrected chi connectivity index (χ0v) is 11.1. The fourth-order valence-electron chi connectivity index (χ4n) is 1.48. The number of hydrogen-bond donors (Lipinski definition) is 2. The van der Waals surface area contributed by atoms with Crippen molar-refractivity contribution in [2.75, 3.05) is 0 Å². The molecule has 1 heterocycles. The average molecular weight is 255 g/mol. The van der Waals surface area contributed by atoms with Crippen molar-refractivity contribution in [3.8, 4) is 0 Å². The lowest BCUT2D eigenvalue weighted by atomic mass is 10.1. The molecule has 0 aliphatic rings. The van der Waals surface area contributed by atoms with Crippen LogP contribution in [-0.2, 0) is 11.2 Å². The number of amides is 1. The van der Waals surface area contributed by atoms with Crippen LogP contribution in [0.2, 0.25) is 0 Å². The van der Waals surface area contributed by atoms with Gasteiger partial charge in [0.05, 0.1) is 4.88 Å². The summed E-state index contributed by atoms with van der Waals surface area (Å²) in [4.78, 5) is 24.1. The molecular formula is C12H17NO3S. The van der Waals surface area contributed by atoms with E-state index in [1.165, 1.54) is 23.8 Å². The normalized spacial score (nSPS) is 12.2. The molecule has 0 aliphatic heterocycles. The summed E-state index contributed by atoms with van der Waals surface area (Å²) in [5.74, 6) is -1.34. The highest BCUT2D eigenvalue weighted by atomic mass is 32.1. The van der Waals surface area contributed by atoms with E-state index in [4.69, 9.17) is 5.11 Å². The number of carbonyl (C=O) groups excluding carboxylic acids is 1. The Morgan fingerprint density at radius 1 is 1.53 bits per heavy atom. The quantitative estimate of drug-likeness (QED) is 0.847. The largest absolute Gasteiger partial charge is 0.480 e. The summed E-state index contributed by atoms with van der Waals surface area (Å²) < 4.78 is 0. The van der Waals surface area contributed by atoms with E-state index in [1.54, 1.807) is 0 Å². The molecule has 0 aliphatic carbocycles. The summed E-state index contributed by atoms with van der Waals surface area (Å²) in [5, 5.41) is 11.2. The van der Waals surface area contributed by atoms with Gasteiger partial charge in [-0.1, -0.05) is 13.3 Å². The third-order valence-electron chi connectivity index (χ3n) is 2.48. The number of carboxylic acids is 1. The maximum Gasteiger partial charge on any atom is 0.325 e. The monoisotopic (exact) mass is 255 g/mol. The molecule has 94 valence electrons. The topological polar surface area (TPSA) is 66.4 Å². The highest BCUT2D eigenvalue weighted by Gasteiger charge is 2.17. The van der Waals surface area contributed by atoms with Gasteiger partial charge in [-0.15, -0.1) is 11.3 Å². The van der Waals surface area contributed by atoms with E-state index in [0.29, 0.717) is 4.88 Å². The lowest BCUT2D eigenvalue weighted by Crippen LogP contribution is -2.37. The van der Waals surface area contributed by atoms with Crippen LogP contribution in [0, 0.1) is 6.92 Å². The van der Waals surface area contributed by atoms with Crippen molar-refractivity contribution >= 4 is 23.2 Å². The molecule has 1 atom stereocenters. The third kappa shape index (κ3) is 3.56.